The Labute approximate surface area is 111 Å². The molecule has 1 atom stereocenters. The molecule has 6 nitrogen and oxygen atoms in total. The van der Waals surface area contributed by atoms with Crippen molar-refractivity contribution in [1.82, 2.24) is 10.3 Å². The van der Waals surface area contributed by atoms with E-state index in [4.69, 9.17) is 0 Å². The van der Waals surface area contributed by atoms with Crippen LogP contribution in [0.3, 0.4) is 0 Å². The first kappa shape index (κ1) is 14.9. The number of esters is 1. The average molecular weight is 266 g/mol. The van der Waals surface area contributed by atoms with Crippen LogP contribution in [0.1, 0.15) is 30.6 Å². The van der Waals surface area contributed by atoms with Crippen molar-refractivity contribution in [2.24, 2.45) is 5.92 Å². The fourth-order valence-corrected chi connectivity index (χ4v) is 1.64. The van der Waals surface area contributed by atoms with Gasteiger partial charge < -0.3 is 15.2 Å². The number of nitrogens with zero attached hydrogens (tertiary/aromatic N) is 1. The third-order valence-corrected chi connectivity index (χ3v) is 2.54. The topological polar surface area (TPSA) is 88.5 Å². The lowest BCUT2D eigenvalue weighted by atomic mass is 10.0. The highest BCUT2D eigenvalue weighted by Gasteiger charge is 2.24. The molecule has 1 rings (SSSR count). The smallest absolute Gasteiger partial charge is 0.328 e. The number of methoxy groups -OCH3 is 1. The van der Waals surface area contributed by atoms with Crippen molar-refractivity contribution in [1.29, 1.82) is 0 Å². The molecule has 0 radical (unpaired) electrons. The molecular formula is C13H18N2O4. The van der Waals surface area contributed by atoms with Gasteiger partial charge in [0.2, 0.25) is 0 Å². The first-order valence-electron chi connectivity index (χ1n) is 5.97. The van der Waals surface area contributed by atoms with E-state index in [2.05, 4.69) is 15.0 Å². The van der Waals surface area contributed by atoms with Crippen LogP contribution in [-0.2, 0) is 9.53 Å². The number of hydrogen-bond donors (Lipinski definition) is 2. The Bertz CT molecular complexity index is 460. The summed E-state index contributed by atoms with van der Waals surface area (Å²) in [4.78, 5) is 27.2. The van der Waals surface area contributed by atoms with E-state index in [-0.39, 0.29) is 17.2 Å². The Morgan fingerprint density at radius 1 is 1.47 bits per heavy atom. The Balaban J connectivity index is 2.82. The fraction of sp³-hybridized carbons (Fsp3) is 0.462. The summed E-state index contributed by atoms with van der Waals surface area (Å²) in [6.45, 7) is 3.87. The second-order valence-electron chi connectivity index (χ2n) is 4.57. The molecule has 1 heterocycles. The molecule has 0 aliphatic carbocycles. The second-order valence-corrected chi connectivity index (χ2v) is 4.57. The molecule has 0 aliphatic rings. The molecule has 1 aromatic rings. The minimum absolute atomic E-state index is 0.0765. The summed E-state index contributed by atoms with van der Waals surface area (Å²) in [6.07, 6.45) is 3.03. The van der Waals surface area contributed by atoms with Crippen LogP contribution in [0.15, 0.2) is 18.5 Å². The summed E-state index contributed by atoms with van der Waals surface area (Å²) < 4.78 is 4.65. The first-order chi connectivity index (χ1) is 8.95. The Hall–Kier alpha value is -2.11. The molecule has 0 fully saturated rings. The largest absolute Gasteiger partial charge is 0.505 e. The first-order valence-corrected chi connectivity index (χ1v) is 5.97. The van der Waals surface area contributed by atoms with E-state index >= 15 is 0 Å². The molecule has 1 amide bonds. The predicted molar refractivity (Wildman–Crippen MR) is 68.6 cm³/mol. The number of rotatable bonds is 5. The number of carbonyl (C=O) groups excluding carboxylic acids is 2. The lowest BCUT2D eigenvalue weighted by Gasteiger charge is -2.18. The zero-order valence-corrected chi connectivity index (χ0v) is 11.2. The van der Waals surface area contributed by atoms with Gasteiger partial charge in [0, 0.05) is 6.20 Å². The second kappa shape index (κ2) is 6.72. The normalized spacial score (nSPS) is 12.0. The maximum atomic E-state index is 12.0. The molecule has 0 saturated heterocycles. The van der Waals surface area contributed by atoms with Crippen molar-refractivity contribution >= 4 is 11.9 Å². The molecule has 6 heteroatoms. The monoisotopic (exact) mass is 266 g/mol. The highest BCUT2D eigenvalue weighted by molar-refractivity contribution is 5.98. The van der Waals surface area contributed by atoms with Gasteiger partial charge in [0.1, 0.15) is 11.8 Å². The van der Waals surface area contributed by atoms with Crippen LogP contribution in [0, 0.1) is 5.92 Å². The van der Waals surface area contributed by atoms with E-state index in [1.165, 1.54) is 25.6 Å². The van der Waals surface area contributed by atoms with Crippen molar-refractivity contribution in [2.45, 2.75) is 26.3 Å². The summed E-state index contributed by atoms with van der Waals surface area (Å²) in [5, 5.41) is 12.1. The van der Waals surface area contributed by atoms with Gasteiger partial charge in [-0.3, -0.25) is 9.78 Å². The number of pyridine rings is 1. The van der Waals surface area contributed by atoms with Gasteiger partial charge in [-0.15, -0.1) is 0 Å². The van der Waals surface area contributed by atoms with Crippen LogP contribution in [0.4, 0.5) is 0 Å². The lowest BCUT2D eigenvalue weighted by Crippen LogP contribution is -2.42. The van der Waals surface area contributed by atoms with E-state index in [9.17, 15) is 14.7 Å². The zero-order chi connectivity index (χ0) is 14.4. The summed E-state index contributed by atoms with van der Waals surface area (Å²) in [5.41, 5.74) is 0.0765. The number of carbonyl (C=O) groups is 2. The average Bonchev–Trinajstić information content (AvgIpc) is 2.36. The van der Waals surface area contributed by atoms with Gasteiger partial charge in [-0.25, -0.2) is 4.79 Å². The molecule has 0 bridgehead atoms. The van der Waals surface area contributed by atoms with Gasteiger partial charge in [-0.2, -0.15) is 0 Å². The van der Waals surface area contributed by atoms with Crippen molar-refractivity contribution < 1.29 is 19.4 Å². The van der Waals surface area contributed by atoms with E-state index < -0.39 is 17.9 Å². The minimum atomic E-state index is -0.731. The minimum Gasteiger partial charge on any atom is -0.505 e. The van der Waals surface area contributed by atoms with Crippen LogP contribution in [0.25, 0.3) is 0 Å². The maximum Gasteiger partial charge on any atom is 0.328 e. The fourth-order valence-electron chi connectivity index (χ4n) is 1.64. The van der Waals surface area contributed by atoms with E-state index in [0.717, 1.165) is 0 Å². The highest BCUT2D eigenvalue weighted by atomic mass is 16.5. The van der Waals surface area contributed by atoms with Gasteiger partial charge in [-0.05, 0) is 18.4 Å². The zero-order valence-electron chi connectivity index (χ0n) is 11.2. The summed E-state index contributed by atoms with van der Waals surface area (Å²) in [6, 6.07) is 0.652. The van der Waals surface area contributed by atoms with E-state index in [1.807, 2.05) is 13.8 Å². The van der Waals surface area contributed by atoms with E-state index in [1.54, 1.807) is 0 Å². The molecule has 0 aromatic carbocycles. The Morgan fingerprint density at radius 3 is 2.68 bits per heavy atom. The van der Waals surface area contributed by atoms with Gasteiger partial charge >= 0.3 is 5.97 Å². The predicted octanol–water partition coefficient (Wildman–Crippen LogP) is 1.10. The van der Waals surface area contributed by atoms with Gasteiger partial charge in [0.25, 0.3) is 5.91 Å². The molecule has 2 N–H and O–H groups in total. The summed E-state index contributed by atoms with van der Waals surface area (Å²) in [7, 11) is 1.27. The van der Waals surface area contributed by atoms with Crippen molar-refractivity contribution in [3.63, 3.8) is 0 Å². The molecule has 0 saturated carbocycles. The number of aromatic hydroxyl groups is 1. The van der Waals surface area contributed by atoms with Crippen LogP contribution < -0.4 is 5.32 Å². The third kappa shape index (κ3) is 4.24. The van der Waals surface area contributed by atoms with Crippen molar-refractivity contribution in [3.8, 4) is 5.75 Å². The number of ether oxygens (including phenoxy) is 1. The Morgan fingerprint density at radius 2 is 2.16 bits per heavy atom. The molecule has 0 spiro atoms. The Kier molecular flexibility index (Phi) is 5.29. The molecule has 1 aromatic heterocycles. The molecule has 19 heavy (non-hydrogen) atoms. The lowest BCUT2D eigenvalue weighted by molar-refractivity contribution is -0.143. The van der Waals surface area contributed by atoms with E-state index in [0.29, 0.717) is 6.42 Å². The van der Waals surface area contributed by atoms with Gasteiger partial charge in [0.05, 0.1) is 18.9 Å². The quantitative estimate of drug-likeness (QED) is 0.779. The highest BCUT2D eigenvalue weighted by Crippen LogP contribution is 2.15. The molecule has 1 unspecified atom stereocenters. The van der Waals surface area contributed by atoms with Crippen LogP contribution in [0.2, 0.25) is 0 Å². The van der Waals surface area contributed by atoms with Crippen molar-refractivity contribution in [2.75, 3.05) is 7.11 Å². The molecule has 104 valence electrons. The number of hydrogen-bond acceptors (Lipinski definition) is 5. The van der Waals surface area contributed by atoms with Crippen LogP contribution >= 0.6 is 0 Å². The third-order valence-electron chi connectivity index (χ3n) is 2.54. The summed E-state index contributed by atoms with van der Waals surface area (Å²) >= 11 is 0. The number of aromatic nitrogens is 1. The number of amides is 1. The molecular weight excluding hydrogens is 248 g/mol. The standard InChI is InChI=1S/C13H18N2O4/c1-8(2)6-10(13(18)19-3)15-12(17)9-4-5-14-7-11(9)16/h4-5,7-8,10,16H,6H2,1-3H3,(H,15,17). The SMILES string of the molecule is COC(=O)C(CC(C)C)NC(=O)c1ccncc1O. The number of nitrogens with one attached hydrogen (secondary N) is 1. The van der Waals surface area contributed by atoms with Gasteiger partial charge in [0.15, 0.2) is 0 Å². The van der Waals surface area contributed by atoms with Crippen LogP contribution in [0.5, 0.6) is 5.75 Å². The summed E-state index contributed by atoms with van der Waals surface area (Å²) in [5.74, 6) is -1.05. The van der Waals surface area contributed by atoms with Crippen molar-refractivity contribution in [3.05, 3.63) is 24.0 Å². The maximum absolute atomic E-state index is 12.0. The molecule has 0 aliphatic heterocycles. The van der Waals surface area contributed by atoms with Gasteiger partial charge in [-0.1, -0.05) is 13.8 Å². The van der Waals surface area contributed by atoms with Crippen LogP contribution in [-0.4, -0.2) is 35.1 Å².